The molecule has 0 spiro atoms. The number of benzene rings is 2. The van der Waals surface area contributed by atoms with E-state index in [1.165, 1.54) is 0 Å². The van der Waals surface area contributed by atoms with Crippen molar-refractivity contribution in [1.82, 2.24) is 4.98 Å². The molecule has 0 aliphatic carbocycles. The summed E-state index contributed by atoms with van der Waals surface area (Å²) in [5.74, 6) is 1.17. The molecule has 1 saturated heterocycles. The molecule has 0 unspecified atom stereocenters. The Kier molecular flexibility index (Phi) is 10.1. The minimum atomic E-state index is -0.903. The smallest absolute Gasteiger partial charge is 0.340 e. The average Bonchev–Trinajstić information content (AvgIpc) is 2.95. The van der Waals surface area contributed by atoms with Crippen LogP contribution in [0, 0.1) is 19.3 Å². The van der Waals surface area contributed by atoms with Gasteiger partial charge in [-0.15, -0.1) is 0 Å². The van der Waals surface area contributed by atoms with E-state index in [-0.39, 0.29) is 12.0 Å². The summed E-state index contributed by atoms with van der Waals surface area (Å²) in [6.07, 6.45) is 1.19. The van der Waals surface area contributed by atoms with Gasteiger partial charge in [0.2, 0.25) is 0 Å². The number of piperidine rings is 1. The van der Waals surface area contributed by atoms with Crippen LogP contribution in [0.3, 0.4) is 0 Å². The van der Waals surface area contributed by atoms with Crippen LogP contribution in [0.15, 0.2) is 48.5 Å². The molecule has 0 bridgehead atoms. The number of hydrogen-bond donors (Lipinski definition) is 0. The lowest BCUT2D eigenvalue weighted by molar-refractivity contribution is -0.166. The molecular weight excluding hydrogens is 540 g/mol. The number of ether oxygens (including phenoxy) is 4. The summed E-state index contributed by atoms with van der Waals surface area (Å²) >= 11 is 0. The maximum Gasteiger partial charge on any atom is 0.340 e. The Morgan fingerprint density at radius 2 is 1.65 bits per heavy atom. The molecule has 7 nitrogen and oxygen atoms in total. The third-order valence-corrected chi connectivity index (χ3v) is 7.98. The van der Waals surface area contributed by atoms with Gasteiger partial charge in [0.15, 0.2) is 6.10 Å². The number of hydrogen-bond acceptors (Lipinski definition) is 7. The van der Waals surface area contributed by atoms with E-state index in [9.17, 15) is 4.79 Å². The highest BCUT2D eigenvalue weighted by Gasteiger charge is 2.37. The maximum atomic E-state index is 13.5. The molecule has 1 aliphatic rings. The Bertz CT molecular complexity index is 1400. The van der Waals surface area contributed by atoms with Crippen LogP contribution < -0.4 is 14.4 Å². The molecule has 1 fully saturated rings. The van der Waals surface area contributed by atoms with E-state index < -0.39 is 17.7 Å². The fraction of sp³-hybridized carbons (Fsp3) is 0.500. The largest absolute Gasteiger partial charge is 0.496 e. The Labute approximate surface area is 257 Å². The number of aromatic nitrogens is 1. The quantitative estimate of drug-likeness (QED) is 0.222. The average molecular weight is 589 g/mol. The highest BCUT2D eigenvalue weighted by molar-refractivity contribution is 5.88. The molecule has 1 atom stereocenters. The number of rotatable bonds is 10. The zero-order valence-electron chi connectivity index (χ0n) is 27.4. The van der Waals surface area contributed by atoms with Crippen molar-refractivity contribution in [3.63, 3.8) is 0 Å². The number of esters is 1. The fourth-order valence-corrected chi connectivity index (χ4v) is 5.67. The molecule has 0 radical (unpaired) electrons. The highest BCUT2D eigenvalue weighted by atomic mass is 16.6. The van der Waals surface area contributed by atoms with E-state index in [4.69, 9.17) is 23.9 Å². The summed E-state index contributed by atoms with van der Waals surface area (Å²) < 4.78 is 23.6. The zero-order valence-corrected chi connectivity index (χ0v) is 27.4. The number of carbonyl (C=O) groups excluding carboxylic acids is 1. The number of methoxy groups -OCH3 is 1. The first kappa shape index (κ1) is 32.3. The monoisotopic (exact) mass is 588 g/mol. The molecule has 1 aliphatic heterocycles. The summed E-state index contributed by atoms with van der Waals surface area (Å²) in [5.41, 5.74) is 6.15. The lowest BCUT2D eigenvalue weighted by Gasteiger charge is -2.41. The van der Waals surface area contributed by atoms with Gasteiger partial charge in [-0.2, -0.15) is 0 Å². The van der Waals surface area contributed by atoms with Crippen LogP contribution in [0.1, 0.15) is 83.0 Å². The fourth-order valence-electron chi connectivity index (χ4n) is 5.67. The second-order valence-electron chi connectivity index (χ2n) is 13.1. The number of nitrogens with zero attached hydrogens (tertiary/aromatic N) is 2. The molecular formula is C36H48N2O5. The molecule has 4 rings (SSSR count). The first-order valence-electron chi connectivity index (χ1n) is 15.3. The Morgan fingerprint density at radius 1 is 1.00 bits per heavy atom. The number of anilines is 1. The van der Waals surface area contributed by atoms with Crippen LogP contribution >= 0.6 is 0 Å². The van der Waals surface area contributed by atoms with Crippen LogP contribution in [0.5, 0.6) is 11.5 Å². The van der Waals surface area contributed by atoms with Gasteiger partial charge in [0.05, 0.1) is 25.0 Å². The zero-order chi connectivity index (χ0) is 31.4. The summed E-state index contributed by atoms with van der Waals surface area (Å²) in [7, 11) is 1.67. The standard InChI is InChI=1S/C36H48N2O5/c1-10-41-34(39)33(43-35(4,5)6)31-25(3)37-24(2)30(32(31)38-21-19-36(7,8)20-22-38)26-15-17-28(18-16-26)42-23-27-13-11-12-14-29(27)40-9/h11-18,33H,10,19-23H2,1-9H3/t33-/m0/s1. The van der Waals surface area contributed by atoms with Gasteiger partial charge in [0.1, 0.15) is 18.1 Å². The van der Waals surface area contributed by atoms with Crippen LogP contribution in [0.4, 0.5) is 5.69 Å². The predicted molar refractivity (Wildman–Crippen MR) is 172 cm³/mol. The third kappa shape index (κ3) is 7.88. The van der Waals surface area contributed by atoms with Crippen molar-refractivity contribution in [2.24, 2.45) is 5.41 Å². The number of para-hydroxylation sites is 1. The Hall–Kier alpha value is -3.58. The molecule has 0 saturated carbocycles. The number of pyridine rings is 1. The molecule has 0 amide bonds. The molecule has 2 aromatic carbocycles. The second-order valence-corrected chi connectivity index (χ2v) is 13.1. The van der Waals surface area contributed by atoms with Gasteiger partial charge >= 0.3 is 5.97 Å². The van der Waals surface area contributed by atoms with E-state index in [0.717, 1.165) is 76.8 Å². The minimum Gasteiger partial charge on any atom is -0.496 e. The third-order valence-electron chi connectivity index (χ3n) is 7.98. The molecule has 0 N–H and O–H groups in total. The topological polar surface area (TPSA) is 70.1 Å². The van der Waals surface area contributed by atoms with Crippen molar-refractivity contribution in [3.8, 4) is 22.6 Å². The summed E-state index contributed by atoms with van der Waals surface area (Å²) in [4.78, 5) is 20.9. The predicted octanol–water partition coefficient (Wildman–Crippen LogP) is 8.00. The van der Waals surface area contributed by atoms with Crippen molar-refractivity contribution in [2.45, 2.75) is 86.5 Å². The van der Waals surface area contributed by atoms with E-state index in [1.54, 1.807) is 7.11 Å². The first-order valence-corrected chi connectivity index (χ1v) is 15.3. The number of carbonyl (C=O) groups is 1. The van der Waals surface area contributed by atoms with Crippen molar-refractivity contribution in [1.29, 1.82) is 0 Å². The summed E-state index contributed by atoms with van der Waals surface area (Å²) in [5, 5.41) is 0. The summed E-state index contributed by atoms with van der Waals surface area (Å²) in [6, 6.07) is 16.0. The van der Waals surface area contributed by atoms with Crippen molar-refractivity contribution in [2.75, 3.05) is 31.7 Å². The van der Waals surface area contributed by atoms with Gasteiger partial charge in [-0.3, -0.25) is 4.98 Å². The molecule has 232 valence electrons. The molecule has 2 heterocycles. The van der Waals surface area contributed by atoms with Gasteiger partial charge in [-0.1, -0.05) is 44.2 Å². The lowest BCUT2D eigenvalue weighted by Crippen LogP contribution is -2.39. The molecule has 7 heteroatoms. The molecule has 43 heavy (non-hydrogen) atoms. The van der Waals surface area contributed by atoms with E-state index in [2.05, 4.69) is 30.9 Å². The van der Waals surface area contributed by atoms with Crippen LogP contribution in [0.2, 0.25) is 0 Å². The number of aryl methyl sites for hydroxylation is 2. The summed E-state index contributed by atoms with van der Waals surface area (Å²) in [6.45, 7) is 18.8. The van der Waals surface area contributed by atoms with E-state index in [1.807, 2.05) is 77.9 Å². The van der Waals surface area contributed by atoms with E-state index in [0.29, 0.717) is 6.61 Å². The maximum absolute atomic E-state index is 13.5. The SMILES string of the molecule is CCOC(=O)[C@@H](OC(C)(C)C)c1c(C)nc(C)c(-c2ccc(OCc3ccccc3OC)cc2)c1N1CCC(C)(C)CC1. The Morgan fingerprint density at radius 3 is 2.26 bits per heavy atom. The van der Waals surface area contributed by atoms with Gasteiger partial charge in [-0.25, -0.2) is 4.79 Å². The Balaban J connectivity index is 1.80. The van der Waals surface area contributed by atoms with Gasteiger partial charge in [0, 0.05) is 41.2 Å². The normalized spacial score (nSPS) is 15.6. The van der Waals surface area contributed by atoms with Crippen molar-refractivity contribution < 1.29 is 23.7 Å². The minimum absolute atomic E-state index is 0.261. The second kappa shape index (κ2) is 13.4. The van der Waals surface area contributed by atoms with Crippen LogP contribution in [0.25, 0.3) is 11.1 Å². The van der Waals surface area contributed by atoms with E-state index >= 15 is 0 Å². The molecule has 1 aromatic heterocycles. The van der Waals surface area contributed by atoms with Crippen molar-refractivity contribution in [3.05, 3.63) is 71.0 Å². The molecule has 3 aromatic rings. The highest BCUT2D eigenvalue weighted by Crippen LogP contribution is 2.45. The first-order chi connectivity index (χ1) is 20.3. The lowest BCUT2D eigenvalue weighted by atomic mass is 9.82. The van der Waals surface area contributed by atoms with Crippen molar-refractivity contribution >= 4 is 11.7 Å². The van der Waals surface area contributed by atoms with Gasteiger partial charge < -0.3 is 23.8 Å². The van der Waals surface area contributed by atoms with Crippen LogP contribution in [-0.2, 0) is 20.9 Å². The van der Waals surface area contributed by atoms with Crippen LogP contribution in [-0.4, -0.2) is 43.4 Å². The van der Waals surface area contributed by atoms with Gasteiger partial charge in [0.25, 0.3) is 0 Å². The van der Waals surface area contributed by atoms with Gasteiger partial charge in [-0.05, 0) is 83.6 Å².